The van der Waals surface area contributed by atoms with Crippen molar-refractivity contribution in [1.82, 2.24) is 5.32 Å². The average molecular weight is 308 g/mol. The predicted molar refractivity (Wildman–Crippen MR) is 95.4 cm³/mol. The Morgan fingerprint density at radius 1 is 1.04 bits per heavy atom. The Hall–Kier alpha value is -2.00. The van der Waals surface area contributed by atoms with Crippen LogP contribution in [0.4, 0.5) is 5.69 Å². The first-order chi connectivity index (χ1) is 11.3. The predicted octanol–water partition coefficient (Wildman–Crippen LogP) is 3.93. The number of hydrogen-bond donors (Lipinski definition) is 2. The molecule has 120 valence electrons. The lowest BCUT2D eigenvalue weighted by Gasteiger charge is -2.16. The molecule has 0 spiro atoms. The van der Waals surface area contributed by atoms with Crippen LogP contribution in [0.15, 0.2) is 36.4 Å². The number of aryl methyl sites for hydroxylation is 1. The van der Waals surface area contributed by atoms with Gasteiger partial charge in [-0.3, -0.25) is 0 Å². The van der Waals surface area contributed by atoms with E-state index in [0.717, 1.165) is 18.8 Å². The van der Waals surface area contributed by atoms with Crippen LogP contribution < -0.4 is 15.4 Å². The molecule has 2 heterocycles. The molecule has 4 rings (SSSR count). The van der Waals surface area contributed by atoms with Gasteiger partial charge in [-0.25, -0.2) is 0 Å². The molecular weight excluding hydrogens is 284 g/mol. The third-order valence-corrected chi connectivity index (χ3v) is 5.29. The molecule has 0 aliphatic carbocycles. The molecule has 2 unspecified atom stereocenters. The quantitative estimate of drug-likeness (QED) is 0.882. The van der Waals surface area contributed by atoms with Gasteiger partial charge >= 0.3 is 0 Å². The highest BCUT2D eigenvalue weighted by atomic mass is 16.5. The highest BCUT2D eigenvalue weighted by molar-refractivity contribution is 5.73. The van der Waals surface area contributed by atoms with Crippen LogP contribution in [0, 0.1) is 6.92 Å². The number of ether oxygens (including phenoxy) is 1. The van der Waals surface area contributed by atoms with Crippen LogP contribution in [0.3, 0.4) is 0 Å². The molecule has 2 aromatic rings. The lowest BCUT2D eigenvalue weighted by Crippen LogP contribution is -2.21. The fraction of sp³-hybridized carbons (Fsp3) is 0.400. The van der Waals surface area contributed by atoms with Crippen molar-refractivity contribution in [3.05, 3.63) is 47.5 Å². The first-order valence-corrected chi connectivity index (χ1v) is 8.52. The number of hydrogen-bond acceptors (Lipinski definition) is 3. The van der Waals surface area contributed by atoms with Crippen LogP contribution in [0.2, 0.25) is 0 Å². The Kier molecular flexibility index (Phi) is 3.74. The monoisotopic (exact) mass is 308 g/mol. The maximum atomic E-state index is 5.33. The SMILES string of the molecule is COc1ccc(-c2ccc3c(c2)C2CCNCCC2N3)c(C)c1. The largest absolute Gasteiger partial charge is 0.497 e. The molecule has 2 aliphatic heterocycles. The van der Waals surface area contributed by atoms with Gasteiger partial charge in [0.2, 0.25) is 0 Å². The summed E-state index contributed by atoms with van der Waals surface area (Å²) in [6.45, 7) is 4.39. The normalized spacial score (nSPS) is 22.7. The molecule has 23 heavy (non-hydrogen) atoms. The van der Waals surface area contributed by atoms with Crippen molar-refractivity contribution < 1.29 is 4.74 Å². The highest BCUT2D eigenvalue weighted by Gasteiger charge is 2.32. The fourth-order valence-electron chi connectivity index (χ4n) is 4.04. The minimum Gasteiger partial charge on any atom is -0.497 e. The van der Waals surface area contributed by atoms with E-state index < -0.39 is 0 Å². The molecule has 2 aromatic carbocycles. The second kappa shape index (κ2) is 5.89. The van der Waals surface area contributed by atoms with E-state index in [2.05, 4.69) is 47.9 Å². The summed E-state index contributed by atoms with van der Waals surface area (Å²) in [5, 5.41) is 7.25. The van der Waals surface area contributed by atoms with Gasteiger partial charge in [0.25, 0.3) is 0 Å². The summed E-state index contributed by atoms with van der Waals surface area (Å²) in [6, 6.07) is 13.8. The zero-order chi connectivity index (χ0) is 15.8. The summed E-state index contributed by atoms with van der Waals surface area (Å²) in [4.78, 5) is 0. The summed E-state index contributed by atoms with van der Waals surface area (Å²) in [6.07, 6.45) is 2.42. The maximum absolute atomic E-state index is 5.33. The molecule has 1 fully saturated rings. The Morgan fingerprint density at radius 2 is 1.91 bits per heavy atom. The van der Waals surface area contributed by atoms with Crippen LogP contribution in [0.5, 0.6) is 5.75 Å². The molecule has 0 amide bonds. The van der Waals surface area contributed by atoms with E-state index in [-0.39, 0.29) is 0 Å². The van der Waals surface area contributed by atoms with Crippen LogP contribution in [-0.4, -0.2) is 26.2 Å². The average Bonchev–Trinajstić information content (AvgIpc) is 2.75. The fourth-order valence-corrected chi connectivity index (χ4v) is 4.04. The van der Waals surface area contributed by atoms with E-state index in [0.29, 0.717) is 12.0 Å². The summed E-state index contributed by atoms with van der Waals surface area (Å²) in [5.41, 5.74) is 6.69. The molecule has 1 saturated heterocycles. The van der Waals surface area contributed by atoms with Gasteiger partial charge in [0.05, 0.1) is 7.11 Å². The van der Waals surface area contributed by atoms with Gasteiger partial charge in [0.15, 0.2) is 0 Å². The summed E-state index contributed by atoms with van der Waals surface area (Å²) in [5.74, 6) is 1.56. The van der Waals surface area contributed by atoms with E-state index in [9.17, 15) is 0 Å². The van der Waals surface area contributed by atoms with Gasteiger partial charge in [0.1, 0.15) is 5.75 Å². The van der Waals surface area contributed by atoms with Gasteiger partial charge in [-0.05, 0) is 79.4 Å². The molecule has 3 heteroatoms. The molecular formula is C20H24N2O. The lowest BCUT2D eigenvalue weighted by atomic mass is 9.89. The molecule has 2 N–H and O–H groups in total. The van der Waals surface area contributed by atoms with E-state index >= 15 is 0 Å². The maximum Gasteiger partial charge on any atom is 0.119 e. The van der Waals surface area contributed by atoms with E-state index in [1.807, 2.05) is 6.07 Å². The van der Waals surface area contributed by atoms with Crippen molar-refractivity contribution in [1.29, 1.82) is 0 Å². The second-order valence-corrected chi connectivity index (χ2v) is 6.67. The first kappa shape index (κ1) is 14.6. The number of anilines is 1. The number of methoxy groups -OCH3 is 1. The first-order valence-electron chi connectivity index (χ1n) is 8.52. The van der Waals surface area contributed by atoms with Crippen LogP contribution in [-0.2, 0) is 0 Å². The van der Waals surface area contributed by atoms with Crippen molar-refractivity contribution in [2.45, 2.75) is 31.7 Å². The molecule has 2 atom stereocenters. The van der Waals surface area contributed by atoms with Crippen molar-refractivity contribution in [3.8, 4) is 16.9 Å². The molecule has 0 bridgehead atoms. The summed E-state index contributed by atoms with van der Waals surface area (Å²) in [7, 11) is 1.72. The van der Waals surface area contributed by atoms with Gasteiger partial charge < -0.3 is 15.4 Å². The van der Waals surface area contributed by atoms with Crippen LogP contribution in [0.25, 0.3) is 11.1 Å². The zero-order valence-corrected chi connectivity index (χ0v) is 13.9. The van der Waals surface area contributed by atoms with E-state index in [1.54, 1.807) is 7.11 Å². The Labute approximate surface area is 138 Å². The Balaban J connectivity index is 1.72. The van der Waals surface area contributed by atoms with E-state index in [4.69, 9.17) is 4.74 Å². The number of fused-ring (bicyclic) bond motifs is 3. The number of rotatable bonds is 2. The van der Waals surface area contributed by atoms with Crippen molar-refractivity contribution >= 4 is 5.69 Å². The van der Waals surface area contributed by atoms with Crippen molar-refractivity contribution in [3.63, 3.8) is 0 Å². The number of nitrogens with one attached hydrogen (secondary N) is 2. The Morgan fingerprint density at radius 3 is 2.74 bits per heavy atom. The van der Waals surface area contributed by atoms with Gasteiger partial charge in [-0.2, -0.15) is 0 Å². The van der Waals surface area contributed by atoms with Crippen molar-refractivity contribution in [2.24, 2.45) is 0 Å². The minimum atomic E-state index is 0.590. The third-order valence-electron chi connectivity index (χ3n) is 5.29. The van der Waals surface area contributed by atoms with Gasteiger partial charge in [-0.1, -0.05) is 12.1 Å². The second-order valence-electron chi connectivity index (χ2n) is 6.67. The molecule has 2 aliphatic rings. The number of benzene rings is 2. The Bertz CT molecular complexity index is 726. The standard InChI is InChI=1S/C20H24N2O/c1-13-11-15(23-2)4-5-16(13)14-3-6-19-18(12-14)17-7-9-21-10-8-20(17)22-19/h3-6,11-12,17,20-22H,7-10H2,1-2H3. The topological polar surface area (TPSA) is 33.3 Å². The van der Waals surface area contributed by atoms with E-state index in [1.165, 1.54) is 40.8 Å². The summed E-state index contributed by atoms with van der Waals surface area (Å²) >= 11 is 0. The lowest BCUT2D eigenvalue weighted by molar-refractivity contribution is 0.414. The smallest absolute Gasteiger partial charge is 0.119 e. The molecule has 0 aromatic heterocycles. The van der Waals surface area contributed by atoms with Crippen molar-refractivity contribution in [2.75, 3.05) is 25.5 Å². The van der Waals surface area contributed by atoms with Crippen LogP contribution in [0.1, 0.15) is 29.9 Å². The highest BCUT2D eigenvalue weighted by Crippen LogP contribution is 2.42. The third kappa shape index (κ3) is 2.59. The van der Waals surface area contributed by atoms with Gasteiger partial charge in [-0.15, -0.1) is 0 Å². The summed E-state index contributed by atoms with van der Waals surface area (Å²) < 4.78 is 5.33. The molecule has 0 radical (unpaired) electrons. The molecule has 0 saturated carbocycles. The zero-order valence-electron chi connectivity index (χ0n) is 13.9. The molecule has 3 nitrogen and oxygen atoms in total. The van der Waals surface area contributed by atoms with Gasteiger partial charge in [0, 0.05) is 17.6 Å². The van der Waals surface area contributed by atoms with Crippen LogP contribution >= 0.6 is 0 Å². The minimum absolute atomic E-state index is 0.590.